The topological polar surface area (TPSA) is 77.0 Å². The number of hydrogen-bond acceptors (Lipinski definition) is 5. The van der Waals surface area contributed by atoms with Crippen LogP contribution in [0.5, 0.6) is 11.5 Å². The van der Waals surface area contributed by atoms with Gasteiger partial charge in [0.2, 0.25) is 0 Å². The van der Waals surface area contributed by atoms with Crippen molar-refractivity contribution in [2.24, 2.45) is 7.05 Å². The van der Waals surface area contributed by atoms with Gasteiger partial charge >= 0.3 is 0 Å². The Kier molecular flexibility index (Phi) is 3.38. The highest BCUT2D eigenvalue weighted by Gasteiger charge is 2.15. The van der Waals surface area contributed by atoms with Gasteiger partial charge in [-0.2, -0.15) is 10.2 Å². The van der Waals surface area contributed by atoms with Gasteiger partial charge in [-0.25, -0.2) is 0 Å². The van der Waals surface area contributed by atoms with Crippen LogP contribution in [-0.4, -0.2) is 33.2 Å². The van der Waals surface area contributed by atoms with Crippen LogP contribution in [0.2, 0.25) is 0 Å². The molecular formula is C16H17N5O2. The molecule has 0 saturated carbocycles. The molecule has 0 spiro atoms. The highest BCUT2D eigenvalue weighted by atomic mass is 16.6. The zero-order valence-corrected chi connectivity index (χ0v) is 12.7. The molecule has 4 rings (SSSR count). The fourth-order valence-corrected chi connectivity index (χ4v) is 2.59. The summed E-state index contributed by atoms with van der Waals surface area (Å²) in [6.07, 6.45) is 3.72. The Bertz CT molecular complexity index is 823. The van der Waals surface area contributed by atoms with E-state index in [0.717, 1.165) is 34.1 Å². The highest BCUT2D eigenvalue weighted by molar-refractivity contribution is 5.67. The van der Waals surface area contributed by atoms with Crippen LogP contribution in [0.25, 0.3) is 11.3 Å². The van der Waals surface area contributed by atoms with Crippen molar-refractivity contribution in [1.29, 1.82) is 0 Å². The maximum absolute atomic E-state index is 5.65. The van der Waals surface area contributed by atoms with Crippen molar-refractivity contribution < 1.29 is 9.47 Å². The van der Waals surface area contributed by atoms with Crippen LogP contribution in [-0.2, 0) is 13.6 Å². The number of H-pyrrole nitrogens is 1. The van der Waals surface area contributed by atoms with Gasteiger partial charge in [0.25, 0.3) is 0 Å². The predicted molar refractivity (Wildman–Crippen MR) is 85.5 cm³/mol. The Labute approximate surface area is 133 Å². The minimum absolute atomic E-state index is 0.577. The van der Waals surface area contributed by atoms with Gasteiger partial charge in [-0.15, -0.1) is 0 Å². The molecule has 7 heteroatoms. The van der Waals surface area contributed by atoms with E-state index in [1.165, 1.54) is 0 Å². The summed E-state index contributed by atoms with van der Waals surface area (Å²) in [4.78, 5) is 0. The monoisotopic (exact) mass is 311 g/mol. The first kappa shape index (κ1) is 13.7. The number of fused-ring (bicyclic) bond motifs is 1. The zero-order chi connectivity index (χ0) is 15.6. The fraction of sp³-hybridized carbons (Fsp3) is 0.250. The molecule has 2 N–H and O–H groups in total. The maximum Gasteiger partial charge on any atom is 0.162 e. The average molecular weight is 311 g/mol. The third-order valence-corrected chi connectivity index (χ3v) is 3.72. The van der Waals surface area contributed by atoms with Gasteiger partial charge in [0, 0.05) is 37.0 Å². The smallest absolute Gasteiger partial charge is 0.162 e. The second kappa shape index (κ2) is 5.68. The molecule has 0 fully saturated rings. The number of anilines is 1. The number of aromatic nitrogens is 4. The minimum atomic E-state index is 0.577. The van der Waals surface area contributed by atoms with Crippen LogP contribution in [0.4, 0.5) is 5.82 Å². The molecule has 0 aliphatic carbocycles. The highest BCUT2D eigenvalue weighted by Crippen LogP contribution is 2.34. The number of ether oxygens (including phenoxy) is 2. The number of benzene rings is 1. The SMILES string of the molecule is Cn1ccc(NCc2cn[nH]c2-c2ccc3c(c2)OCCO3)n1. The third-order valence-electron chi connectivity index (χ3n) is 3.72. The van der Waals surface area contributed by atoms with Crippen molar-refractivity contribution >= 4 is 5.82 Å². The van der Waals surface area contributed by atoms with Crippen LogP contribution < -0.4 is 14.8 Å². The van der Waals surface area contributed by atoms with Crippen molar-refractivity contribution in [2.45, 2.75) is 6.54 Å². The second-order valence-electron chi connectivity index (χ2n) is 5.36. The molecule has 3 aromatic rings. The van der Waals surface area contributed by atoms with Gasteiger partial charge < -0.3 is 14.8 Å². The van der Waals surface area contributed by atoms with Gasteiger partial charge in [-0.1, -0.05) is 0 Å². The Hall–Kier alpha value is -2.96. The molecule has 0 saturated heterocycles. The van der Waals surface area contributed by atoms with Crippen molar-refractivity contribution in [3.05, 3.63) is 42.2 Å². The summed E-state index contributed by atoms with van der Waals surface area (Å²) in [6.45, 7) is 1.81. The molecule has 1 aliphatic rings. The van der Waals surface area contributed by atoms with Crippen LogP contribution in [0.3, 0.4) is 0 Å². The summed E-state index contributed by atoms with van der Waals surface area (Å²) in [7, 11) is 1.89. The summed E-state index contributed by atoms with van der Waals surface area (Å²) < 4.78 is 13.0. The molecule has 23 heavy (non-hydrogen) atoms. The summed E-state index contributed by atoms with van der Waals surface area (Å²) >= 11 is 0. The van der Waals surface area contributed by atoms with Crippen LogP contribution >= 0.6 is 0 Å². The Morgan fingerprint density at radius 1 is 1.22 bits per heavy atom. The molecule has 7 nitrogen and oxygen atoms in total. The molecular weight excluding hydrogens is 294 g/mol. The second-order valence-corrected chi connectivity index (χ2v) is 5.36. The van der Waals surface area contributed by atoms with Crippen molar-refractivity contribution in [1.82, 2.24) is 20.0 Å². The number of aromatic amines is 1. The predicted octanol–water partition coefficient (Wildman–Crippen LogP) is 2.19. The van der Waals surface area contributed by atoms with E-state index in [1.54, 1.807) is 4.68 Å². The minimum Gasteiger partial charge on any atom is -0.486 e. The molecule has 3 heterocycles. The summed E-state index contributed by atoms with van der Waals surface area (Å²) in [5.74, 6) is 2.39. The lowest BCUT2D eigenvalue weighted by Gasteiger charge is -2.18. The third kappa shape index (κ3) is 2.73. The van der Waals surface area contributed by atoms with Crippen molar-refractivity contribution in [3.63, 3.8) is 0 Å². The molecule has 118 valence electrons. The Balaban J connectivity index is 1.57. The first-order valence-electron chi connectivity index (χ1n) is 7.45. The maximum atomic E-state index is 5.65. The fourth-order valence-electron chi connectivity index (χ4n) is 2.59. The molecule has 0 radical (unpaired) electrons. The van der Waals surface area contributed by atoms with E-state index in [-0.39, 0.29) is 0 Å². The standard InChI is InChI=1S/C16H17N5O2/c1-21-5-4-15(20-21)17-9-12-10-18-19-16(12)11-2-3-13-14(8-11)23-7-6-22-13/h2-5,8,10H,6-7,9H2,1H3,(H,17,20)(H,18,19). The number of nitrogens with zero attached hydrogens (tertiary/aromatic N) is 3. The lowest BCUT2D eigenvalue weighted by Crippen LogP contribution is -2.15. The number of rotatable bonds is 4. The molecule has 0 amide bonds. The lowest BCUT2D eigenvalue weighted by molar-refractivity contribution is 0.171. The molecule has 1 aromatic carbocycles. The normalized spacial score (nSPS) is 13.1. The van der Waals surface area contributed by atoms with Crippen molar-refractivity contribution in [2.75, 3.05) is 18.5 Å². The van der Waals surface area contributed by atoms with E-state index < -0.39 is 0 Å². The molecule has 1 aliphatic heterocycles. The van der Waals surface area contributed by atoms with E-state index in [1.807, 2.05) is 43.7 Å². The average Bonchev–Trinajstić information content (AvgIpc) is 3.21. The Morgan fingerprint density at radius 3 is 2.91 bits per heavy atom. The summed E-state index contributed by atoms with van der Waals surface area (Å²) in [5.41, 5.74) is 3.04. The van der Waals surface area contributed by atoms with E-state index in [0.29, 0.717) is 19.8 Å². The Morgan fingerprint density at radius 2 is 2.09 bits per heavy atom. The zero-order valence-electron chi connectivity index (χ0n) is 12.7. The molecule has 0 unspecified atom stereocenters. The molecule has 0 bridgehead atoms. The van der Waals surface area contributed by atoms with E-state index >= 15 is 0 Å². The van der Waals surface area contributed by atoms with Crippen LogP contribution in [0.1, 0.15) is 5.56 Å². The number of hydrogen-bond donors (Lipinski definition) is 2. The first-order valence-corrected chi connectivity index (χ1v) is 7.45. The van der Waals surface area contributed by atoms with Gasteiger partial charge in [0.15, 0.2) is 11.5 Å². The van der Waals surface area contributed by atoms with Crippen LogP contribution in [0.15, 0.2) is 36.7 Å². The number of nitrogens with one attached hydrogen (secondary N) is 2. The van der Waals surface area contributed by atoms with E-state index in [9.17, 15) is 0 Å². The molecule has 0 atom stereocenters. The van der Waals surface area contributed by atoms with Gasteiger partial charge in [0.1, 0.15) is 19.0 Å². The summed E-state index contributed by atoms with van der Waals surface area (Å²) in [5, 5.41) is 14.8. The first-order chi connectivity index (χ1) is 11.3. The summed E-state index contributed by atoms with van der Waals surface area (Å²) in [6, 6.07) is 7.85. The van der Waals surface area contributed by atoms with Gasteiger partial charge in [0.05, 0.1) is 11.9 Å². The molecule has 2 aromatic heterocycles. The quantitative estimate of drug-likeness (QED) is 0.772. The van der Waals surface area contributed by atoms with Crippen LogP contribution in [0, 0.1) is 0 Å². The largest absolute Gasteiger partial charge is 0.486 e. The number of aryl methyl sites for hydroxylation is 1. The van der Waals surface area contributed by atoms with E-state index in [2.05, 4.69) is 20.6 Å². The van der Waals surface area contributed by atoms with Gasteiger partial charge in [-0.05, 0) is 18.2 Å². The van der Waals surface area contributed by atoms with Crippen molar-refractivity contribution in [3.8, 4) is 22.8 Å². The lowest BCUT2D eigenvalue weighted by atomic mass is 10.1. The van der Waals surface area contributed by atoms with Gasteiger partial charge in [-0.3, -0.25) is 9.78 Å². The van der Waals surface area contributed by atoms with E-state index in [4.69, 9.17) is 9.47 Å².